The number of anilines is 2. The van der Waals surface area contributed by atoms with Gasteiger partial charge in [0.15, 0.2) is 5.65 Å². The highest BCUT2D eigenvalue weighted by molar-refractivity contribution is 5.92. The van der Waals surface area contributed by atoms with Crippen molar-refractivity contribution in [2.24, 2.45) is 0 Å². The fourth-order valence-electron chi connectivity index (χ4n) is 3.25. The first-order chi connectivity index (χ1) is 17.3. The maximum absolute atomic E-state index is 13.1. The Labute approximate surface area is 202 Å². The average molecular weight is 523 g/mol. The second-order valence-electron chi connectivity index (χ2n) is 7.52. The Morgan fingerprint density at radius 3 is 2.38 bits per heavy atom. The van der Waals surface area contributed by atoms with E-state index in [0.717, 1.165) is 11.8 Å². The van der Waals surface area contributed by atoms with Gasteiger partial charge >= 0.3 is 18.3 Å². The summed E-state index contributed by atoms with van der Waals surface area (Å²) in [5, 5.41) is 14.9. The molecular weight excluding hydrogens is 508 g/mol. The molecule has 0 aliphatic rings. The molecule has 0 aliphatic heterocycles. The van der Waals surface area contributed by atoms with Gasteiger partial charge in [0.1, 0.15) is 17.2 Å². The number of aryl methyl sites for hydroxylation is 1. The van der Waals surface area contributed by atoms with E-state index in [4.69, 9.17) is 9.90 Å². The Morgan fingerprint density at radius 1 is 1.00 bits per heavy atom. The van der Waals surface area contributed by atoms with Gasteiger partial charge in [0, 0.05) is 29.4 Å². The summed E-state index contributed by atoms with van der Waals surface area (Å²) in [7, 11) is 0. The number of rotatable bonds is 3. The lowest BCUT2D eigenvalue weighted by Gasteiger charge is -2.11. The standard InChI is InChI=1S/C20H14F3N7.C2HF3O2/c1-11-3-2-4-14(26-11)15-10-18(30-17(28-15)6-8-25-30)27-13-5-7-24-19-12(13)9-16(29-19)20(21,22)23;3-2(4,5)1(6)7/h2-10H,1H3,(H2,24,27,29);(H,6,7). The number of H-pyrrole nitrogens is 1. The van der Waals surface area contributed by atoms with Crippen LogP contribution in [0.1, 0.15) is 11.4 Å². The van der Waals surface area contributed by atoms with E-state index in [-0.39, 0.29) is 5.65 Å². The highest BCUT2D eigenvalue weighted by Gasteiger charge is 2.38. The minimum Gasteiger partial charge on any atom is -0.475 e. The summed E-state index contributed by atoms with van der Waals surface area (Å²) in [6.45, 7) is 1.89. The van der Waals surface area contributed by atoms with Gasteiger partial charge in [-0.1, -0.05) is 6.07 Å². The molecule has 0 atom stereocenters. The first-order valence-electron chi connectivity index (χ1n) is 10.2. The number of halogens is 6. The van der Waals surface area contributed by atoms with Gasteiger partial charge in [0.2, 0.25) is 0 Å². The number of carboxylic acid groups (broad SMARTS) is 1. The molecule has 0 spiro atoms. The summed E-state index contributed by atoms with van der Waals surface area (Å²) in [5.74, 6) is -2.22. The first kappa shape index (κ1) is 25.4. The lowest BCUT2D eigenvalue weighted by Crippen LogP contribution is -2.21. The maximum atomic E-state index is 13.1. The Morgan fingerprint density at radius 2 is 1.73 bits per heavy atom. The van der Waals surface area contributed by atoms with Gasteiger partial charge in [-0.15, -0.1) is 0 Å². The van der Waals surface area contributed by atoms with Crippen molar-refractivity contribution in [2.75, 3.05) is 5.32 Å². The number of pyridine rings is 2. The number of nitrogens with one attached hydrogen (secondary N) is 2. The van der Waals surface area contributed by atoms with Crippen molar-refractivity contribution < 1.29 is 36.2 Å². The van der Waals surface area contributed by atoms with Gasteiger partial charge in [-0.05, 0) is 31.2 Å². The highest BCUT2D eigenvalue weighted by Crippen LogP contribution is 2.34. The number of hydrogen-bond donors (Lipinski definition) is 3. The maximum Gasteiger partial charge on any atom is 0.490 e. The van der Waals surface area contributed by atoms with Gasteiger partial charge in [-0.25, -0.2) is 14.8 Å². The van der Waals surface area contributed by atoms with Crippen molar-refractivity contribution in [1.29, 1.82) is 0 Å². The molecule has 192 valence electrons. The number of aromatic amines is 1. The third-order valence-corrected chi connectivity index (χ3v) is 4.85. The largest absolute Gasteiger partial charge is 0.490 e. The molecule has 0 saturated carbocycles. The van der Waals surface area contributed by atoms with Crippen LogP contribution in [0.15, 0.2) is 54.9 Å². The zero-order valence-corrected chi connectivity index (χ0v) is 18.6. The van der Waals surface area contributed by atoms with Gasteiger partial charge in [0.25, 0.3) is 0 Å². The average Bonchev–Trinajstić information content (AvgIpc) is 3.46. The summed E-state index contributed by atoms with van der Waals surface area (Å²) in [6.07, 6.45) is -6.54. The second kappa shape index (κ2) is 9.40. The Bertz CT molecular complexity index is 1590. The molecule has 0 aromatic carbocycles. The van der Waals surface area contributed by atoms with Gasteiger partial charge in [0.05, 0.1) is 23.3 Å². The number of carboxylic acids is 1. The van der Waals surface area contributed by atoms with Crippen LogP contribution in [0.3, 0.4) is 0 Å². The Balaban J connectivity index is 0.000000405. The number of carbonyl (C=O) groups is 1. The lowest BCUT2D eigenvalue weighted by molar-refractivity contribution is -0.192. The van der Waals surface area contributed by atoms with Crippen LogP contribution in [0.4, 0.5) is 37.8 Å². The molecule has 5 aromatic rings. The number of aromatic nitrogens is 6. The van der Waals surface area contributed by atoms with E-state index in [0.29, 0.717) is 33.9 Å². The van der Waals surface area contributed by atoms with Crippen LogP contribution in [-0.2, 0) is 11.0 Å². The molecule has 0 saturated heterocycles. The molecule has 5 heterocycles. The van der Waals surface area contributed by atoms with Crippen LogP contribution < -0.4 is 5.32 Å². The summed E-state index contributed by atoms with van der Waals surface area (Å²) in [4.78, 5) is 24.3. The van der Waals surface area contributed by atoms with Gasteiger partial charge < -0.3 is 15.4 Å². The van der Waals surface area contributed by atoms with Crippen LogP contribution >= 0.6 is 0 Å². The minimum absolute atomic E-state index is 0.138. The molecule has 0 unspecified atom stereocenters. The van der Waals surface area contributed by atoms with E-state index in [1.54, 1.807) is 28.9 Å². The molecule has 5 aromatic heterocycles. The lowest BCUT2D eigenvalue weighted by atomic mass is 10.2. The molecular formula is C22H15F6N7O2. The summed E-state index contributed by atoms with van der Waals surface area (Å²) >= 11 is 0. The first-order valence-corrected chi connectivity index (χ1v) is 10.2. The highest BCUT2D eigenvalue weighted by atomic mass is 19.4. The van der Waals surface area contributed by atoms with Crippen LogP contribution in [0.5, 0.6) is 0 Å². The number of hydrogen-bond acceptors (Lipinski definition) is 6. The predicted molar refractivity (Wildman–Crippen MR) is 119 cm³/mol. The Hall–Kier alpha value is -4.69. The molecule has 15 heteroatoms. The zero-order chi connectivity index (χ0) is 27.0. The van der Waals surface area contributed by atoms with Crippen LogP contribution in [0, 0.1) is 6.92 Å². The van der Waals surface area contributed by atoms with E-state index in [9.17, 15) is 26.3 Å². The zero-order valence-electron chi connectivity index (χ0n) is 18.6. The molecule has 0 amide bonds. The van der Waals surface area contributed by atoms with Gasteiger partial charge in [-0.3, -0.25) is 4.98 Å². The quantitative estimate of drug-likeness (QED) is 0.272. The summed E-state index contributed by atoms with van der Waals surface area (Å²) < 4.78 is 72.7. The van der Waals surface area contributed by atoms with E-state index >= 15 is 0 Å². The van der Waals surface area contributed by atoms with E-state index in [2.05, 4.69) is 30.4 Å². The van der Waals surface area contributed by atoms with Crippen molar-refractivity contribution >= 4 is 34.2 Å². The molecule has 9 nitrogen and oxygen atoms in total. The van der Waals surface area contributed by atoms with Crippen molar-refractivity contribution in [3.05, 3.63) is 66.2 Å². The number of alkyl halides is 6. The van der Waals surface area contributed by atoms with E-state index in [1.165, 1.54) is 6.20 Å². The van der Waals surface area contributed by atoms with Crippen LogP contribution in [-0.4, -0.2) is 46.8 Å². The minimum atomic E-state index is -5.08. The number of nitrogens with zero attached hydrogens (tertiary/aromatic N) is 5. The fourth-order valence-corrected chi connectivity index (χ4v) is 3.25. The van der Waals surface area contributed by atoms with Crippen molar-refractivity contribution in [2.45, 2.75) is 19.3 Å². The monoisotopic (exact) mass is 523 g/mol. The molecule has 0 radical (unpaired) electrons. The molecule has 3 N–H and O–H groups in total. The SMILES string of the molecule is Cc1cccc(-c2cc(Nc3ccnc4[nH]c(C(F)(F)F)cc34)n3nccc3n2)n1.O=C(O)C(F)(F)F. The van der Waals surface area contributed by atoms with E-state index in [1.807, 2.05) is 25.1 Å². The summed E-state index contributed by atoms with van der Waals surface area (Å²) in [6, 6.07) is 11.8. The molecule has 0 fully saturated rings. The molecule has 0 bridgehead atoms. The summed E-state index contributed by atoms with van der Waals surface area (Å²) in [5.41, 5.74) is 2.46. The fraction of sp³-hybridized carbons (Fsp3) is 0.136. The molecule has 37 heavy (non-hydrogen) atoms. The molecule has 5 rings (SSSR count). The van der Waals surface area contributed by atoms with E-state index < -0.39 is 24.0 Å². The molecule has 0 aliphatic carbocycles. The van der Waals surface area contributed by atoms with Crippen molar-refractivity contribution in [3.8, 4) is 11.4 Å². The topological polar surface area (TPSA) is 121 Å². The smallest absolute Gasteiger partial charge is 0.475 e. The Kier molecular flexibility index (Phi) is 6.46. The third kappa shape index (κ3) is 5.60. The number of fused-ring (bicyclic) bond motifs is 2. The second-order valence-corrected chi connectivity index (χ2v) is 7.52. The van der Waals surface area contributed by atoms with Crippen LogP contribution in [0.2, 0.25) is 0 Å². The van der Waals surface area contributed by atoms with Crippen molar-refractivity contribution in [3.63, 3.8) is 0 Å². The third-order valence-electron chi connectivity index (χ3n) is 4.85. The predicted octanol–water partition coefficient (Wildman–Crippen LogP) is 5.37. The normalized spacial score (nSPS) is 11.9. The van der Waals surface area contributed by atoms with Gasteiger partial charge in [-0.2, -0.15) is 36.0 Å². The number of aliphatic carboxylic acids is 1. The van der Waals surface area contributed by atoms with Crippen molar-refractivity contribution in [1.82, 2.24) is 29.5 Å². The van der Waals surface area contributed by atoms with Crippen LogP contribution in [0.25, 0.3) is 28.1 Å².